The molecule has 1 aromatic carbocycles. The van der Waals surface area contributed by atoms with Crippen molar-refractivity contribution in [3.05, 3.63) is 35.4 Å². The largest absolute Gasteiger partial charge is 0.481 e. The van der Waals surface area contributed by atoms with E-state index in [0.717, 1.165) is 12.1 Å². The first-order valence-corrected chi connectivity index (χ1v) is 6.05. The highest BCUT2D eigenvalue weighted by Gasteiger charge is 2.30. The summed E-state index contributed by atoms with van der Waals surface area (Å²) in [4.78, 5) is 10.6. The molecule has 1 unspecified atom stereocenters. The molecule has 0 aromatic heterocycles. The highest BCUT2D eigenvalue weighted by atomic mass is 32.2. The molecule has 6 heteroatoms. The molecule has 0 heterocycles. The molecule has 1 atom stereocenters. The summed E-state index contributed by atoms with van der Waals surface area (Å²) in [6, 6.07) is 4.60. The van der Waals surface area contributed by atoms with Crippen LogP contribution in [0.1, 0.15) is 22.8 Å². The molecular weight excluding hydrogens is 253 g/mol. The standard InChI is InChI=1S/C11H11F3O2S/c1-17-9(6-10(15)16)7-2-4-8(5-3-7)11(12,13)14/h2-5,9H,6H2,1H3,(H,15,16). The summed E-state index contributed by atoms with van der Waals surface area (Å²) in [5.74, 6) is -0.968. The Morgan fingerprint density at radius 3 is 2.24 bits per heavy atom. The van der Waals surface area contributed by atoms with Crippen LogP contribution in [0.15, 0.2) is 24.3 Å². The van der Waals surface area contributed by atoms with Crippen molar-refractivity contribution < 1.29 is 23.1 Å². The van der Waals surface area contributed by atoms with Gasteiger partial charge >= 0.3 is 12.1 Å². The van der Waals surface area contributed by atoms with Crippen LogP contribution < -0.4 is 0 Å². The average molecular weight is 264 g/mol. The minimum absolute atomic E-state index is 0.105. The van der Waals surface area contributed by atoms with E-state index in [9.17, 15) is 18.0 Å². The molecule has 0 aliphatic heterocycles. The summed E-state index contributed by atoms with van der Waals surface area (Å²) < 4.78 is 36.9. The predicted octanol–water partition coefficient (Wildman–Crippen LogP) is 3.58. The summed E-state index contributed by atoms with van der Waals surface area (Å²) in [7, 11) is 0. The van der Waals surface area contributed by atoms with E-state index in [1.807, 2.05) is 0 Å². The Bertz CT molecular complexity index is 387. The number of alkyl halides is 3. The third-order valence-electron chi connectivity index (χ3n) is 2.25. The molecule has 2 nitrogen and oxygen atoms in total. The van der Waals surface area contributed by atoms with Crippen LogP contribution >= 0.6 is 11.8 Å². The fourth-order valence-electron chi connectivity index (χ4n) is 1.38. The van der Waals surface area contributed by atoms with E-state index in [4.69, 9.17) is 5.11 Å². The van der Waals surface area contributed by atoms with Gasteiger partial charge in [0.05, 0.1) is 12.0 Å². The zero-order valence-corrected chi connectivity index (χ0v) is 9.81. The smallest absolute Gasteiger partial charge is 0.416 e. The maximum atomic E-state index is 12.3. The van der Waals surface area contributed by atoms with Crippen molar-refractivity contribution in [3.63, 3.8) is 0 Å². The number of benzene rings is 1. The van der Waals surface area contributed by atoms with Gasteiger partial charge in [0.15, 0.2) is 0 Å². The van der Waals surface area contributed by atoms with Crippen molar-refractivity contribution in [2.24, 2.45) is 0 Å². The maximum Gasteiger partial charge on any atom is 0.416 e. The van der Waals surface area contributed by atoms with Crippen LogP contribution in [-0.2, 0) is 11.0 Å². The Kier molecular flexibility index (Phi) is 4.45. The lowest BCUT2D eigenvalue weighted by Gasteiger charge is -2.13. The van der Waals surface area contributed by atoms with Gasteiger partial charge in [-0.2, -0.15) is 24.9 Å². The van der Waals surface area contributed by atoms with Crippen LogP contribution in [0.3, 0.4) is 0 Å². The zero-order chi connectivity index (χ0) is 13.1. The second-order valence-corrected chi connectivity index (χ2v) is 4.48. The lowest BCUT2D eigenvalue weighted by Crippen LogP contribution is -2.06. The summed E-state index contributed by atoms with van der Waals surface area (Å²) >= 11 is 1.30. The average Bonchev–Trinajstić information content (AvgIpc) is 2.24. The molecule has 0 fully saturated rings. The van der Waals surface area contributed by atoms with Gasteiger partial charge in [0.2, 0.25) is 0 Å². The van der Waals surface area contributed by atoms with E-state index in [1.165, 1.54) is 23.9 Å². The molecular formula is C11H11F3O2S. The van der Waals surface area contributed by atoms with Crippen LogP contribution in [0.5, 0.6) is 0 Å². The van der Waals surface area contributed by atoms with Gasteiger partial charge in [-0.3, -0.25) is 4.79 Å². The zero-order valence-electron chi connectivity index (χ0n) is 8.99. The molecule has 94 valence electrons. The number of carbonyl (C=O) groups is 1. The van der Waals surface area contributed by atoms with E-state index in [2.05, 4.69) is 0 Å². The van der Waals surface area contributed by atoms with Gasteiger partial charge in [-0.05, 0) is 24.0 Å². The molecule has 1 N–H and O–H groups in total. The minimum atomic E-state index is -4.36. The molecule has 1 aromatic rings. The topological polar surface area (TPSA) is 37.3 Å². The third-order valence-corrected chi connectivity index (χ3v) is 3.26. The number of hydrogen-bond donors (Lipinski definition) is 1. The van der Waals surface area contributed by atoms with Crippen molar-refractivity contribution in [2.75, 3.05) is 6.26 Å². The lowest BCUT2D eigenvalue weighted by atomic mass is 10.1. The molecule has 0 aliphatic rings. The fourth-order valence-corrected chi connectivity index (χ4v) is 2.12. The summed E-state index contributed by atoms with van der Waals surface area (Å²) in [6.07, 6.45) is -2.74. The highest BCUT2D eigenvalue weighted by molar-refractivity contribution is 7.98. The highest BCUT2D eigenvalue weighted by Crippen LogP contribution is 2.33. The molecule has 0 aliphatic carbocycles. The van der Waals surface area contributed by atoms with Crippen LogP contribution in [0.25, 0.3) is 0 Å². The summed E-state index contributed by atoms with van der Waals surface area (Å²) in [5, 5.41) is 8.34. The normalized spacial score (nSPS) is 13.4. The molecule has 0 spiro atoms. The van der Waals surface area contributed by atoms with Gasteiger partial charge in [-0.15, -0.1) is 0 Å². The number of aliphatic carboxylic acids is 1. The Morgan fingerprint density at radius 1 is 1.35 bits per heavy atom. The van der Waals surface area contributed by atoms with E-state index >= 15 is 0 Å². The van der Waals surface area contributed by atoms with Gasteiger partial charge in [0.1, 0.15) is 0 Å². The number of hydrogen-bond acceptors (Lipinski definition) is 2. The second kappa shape index (κ2) is 5.44. The van der Waals surface area contributed by atoms with Crippen LogP contribution in [0, 0.1) is 0 Å². The Hall–Kier alpha value is -1.17. The van der Waals surface area contributed by atoms with Crippen LogP contribution in [0.4, 0.5) is 13.2 Å². The molecule has 17 heavy (non-hydrogen) atoms. The Morgan fingerprint density at radius 2 is 1.88 bits per heavy atom. The van der Waals surface area contributed by atoms with Gasteiger partial charge < -0.3 is 5.11 Å². The quantitative estimate of drug-likeness (QED) is 0.903. The Labute approximate surface area is 101 Å². The Balaban J connectivity index is 2.89. The molecule has 0 bridgehead atoms. The number of carboxylic acid groups (broad SMARTS) is 1. The van der Waals surface area contributed by atoms with Crippen molar-refractivity contribution >= 4 is 17.7 Å². The van der Waals surface area contributed by atoms with E-state index < -0.39 is 17.7 Å². The number of carboxylic acids is 1. The lowest BCUT2D eigenvalue weighted by molar-refractivity contribution is -0.138. The molecule has 0 saturated carbocycles. The van der Waals surface area contributed by atoms with E-state index in [1.54, 1.807) is 6.26 Å². The first kappa shape index (κ1) is 13.9. The van der Waals surface area contributed by atoms with Gasteiger partial charge in [0.25, 0.3) is 0 Å². The monoisotopic (exact) mass is 264 g/mol. The van der Waals surface area contributed by atoms with Crippen LogP contribution in [-0.4, -0.2) is 17.3 Å². The number of rotatable bonds is 4. The minimum Gasteiger partial charge on any atom is -0.481 e. The molecule has 0 saturated heterocycles. The van der Waals surface area contributed by atoms with Gasteiger partial charge in [-0.1, -0.05) is 12.1 Å². The number of thioether (sulfide) groups is 1. The molecule has 0 amide bonds. The van der Waals surface area contributed by atoms with Gasteiger partial charge in [0, 0.05) is 5.25 Å². The maximum absolute atomic E-state index is 12.3. The summed E-state index contributed by atoms with van der Waals surface area (Å²) in [5.41, 5.74) is -0.135. The van der Waals surface area contributed by atoms with Crippen molar-refractivity contribution in [3.8, 4) is 0 Å². The molecule has 0 radical (unpaired) electrons. The van der Waals surface area contributed by atoms with Crippen molar-refractivity contribution in [2.45, 2.75) is 17.8 Å². The van der Waals surface area contributed by atoms with Crippen LogP contribution in [0.2, 0.25) is 0 Å². The number of halogens is 3. The first-order chi connectivity index (χ1) is 7.84. The van der Waals surface area contributed by atoms with Crippen molar-refractivity contribution in [1.82, 2.24) is 0 Å². The first-order valence-electron chi connectivity index (χ1n) is 4.76. The summed E-state index contributed by atoms with van der Waals surface area (Å²) in [6.45, 7) is 0. The SMILES string of the molecule is CSC(CC(=O)O)c1ccc(C(F)(F)F)cc1. The van der Waals surface area contributed by atoms with Crippen molar-refractivity contribution in [1.29, 1.82) is 0 Å². The predicted molar refractivity (Wildman–Crippen MR) is 60.0 cm³/mol. The van der Waals surface area contributed by atoms with Gasteiger partial charge in [-0.25, -0.2) is 0 Å². The fraction of sp³-hybridized carbons (Fsp3) is 0.364. The molecule has 1 rings (SSSR count). The van der Waals surface area contributed by atoms with E-state index in [-0.39, 0.29) is 11.7 Å². The second-order valence-electron chi connectivity index (χ2n) is 3.44. The third kappa shape index (κ3) is 3.96. The van der Waals surface area contributed by atoms with E-state index in [0.29, 0.717) is 5.56 Å².